The van der Waals surface area contributed by atoms with E-state index in [1.807, 2.05) is 0 Å². The lowest BCUT2D eigenvalue weighted by atomic mass is 10.2. The van der Waals surface area contributed by atoms with Crippen LogP contribution in [0.15, 0.2) is 36.4 Å². The Hall–Kier alpha value is -2.34. The molecule has 0 aliphatic heterocycles. The maximum absolute atomic E-state index is 13.3. The summed E-state index contributed by atoms with van der Waals surface area (Å²) in [5, 5.41) is 10.8. The fourth-order valence-corrected chi connectivity index (χ4v) is 1.80. The minimum atomic E-state index is -0.592. The number of nitrogens with zero attached hydrogens (tertiary/aromatic N) is 1. The van der Waals surface area contributed by atoms with Crippen LogP contribution in [0.1, 0.15) is 5.56 Å². The predicted molar refractivity (Wildman–Crippen MR) is 75.4 cm³/mol. The lowest BCUT2D eigenvalue weighted by molar-refractivity contribution is -0.385. The van der Waals surface area contributed by atoms with Gasteiger partial charge in [-0.25, -0.2) is 4.39 Å². The number of nitro groups is 1. The number of benzene rings is 2. The van der Waals surface area contributed by atoms with Crippen LogP contribution in [0.5, 0.6) is 11.5 Å². The maximum atomic E-state index is 13.3. The van der Waals surface area contributed by atoms with E-state index in [4.69, 9.17) is 21.1 Å². The molecule has 2 aromatic carbocycles. The molecule has 21 heavy (non-hydrogen) atoms. The Kier molecular flexibility index (Phi) is 4.59. The van der Waals surface area contributed by atoms with Gasteiger partial charge in [0.25, 0.3) is 5.69 Å². The number of ether oxygens (including phenoxy) is 2. The van der Waals surface area contributed by atoms with Gasteiger partial charge in [0.1, 0.15) is 23.9 Å². The fraction of sp³-hybridized carbons (Fsp3) is 0.143. The average Bonchev–Trinajstić information content (AvgIpc) is 2.48. The number of hydrogen-bond acceptors (Lipinski definition) is 4. The standard InChI is InChI=1S/C14H11ClFNO4/c1-20-12-5-9(4-10(6-12)17(18)19)8-21-11-2-3-13(15)14(16)7-11/h2-7H,8H2,1H3. The van der Waals surface area contributed by atoms with Crippen LogP contribution in [0, 0.1) is 15.9 Å². The summed E-state index contributed by atoms with van der Waals surface area (Å²) >= 11 is 5.57. The van der Waals surface area contributed by atoms with Gasteiger partial charge in [-0.2, -0.15) is 0 Å². The van der Waals surface area contributed by atoms with Crippen molar-refractivity contribution in [1.29, 1.82) is 0 Å². The van der Waals surface area contributed by atoms with Crippen LogP contribution in [-0.4, -0.2) is 12.0 Å². The molecule has 0 aromatic heterocycles. The van der Waals surface area contributed by atoms with E-state index in [9.17, 15) is 14.5 Å². The van der Waals surface area contributed by atoms with E-state index in [1.165, 1.54) is 31.4 Å². The minimum Gasteiger partial charge on any atom is -0.496 e. The van der Waals surface area contributed by atoms with Gasteiger partial charge in [-0.1, -0.05) is 11.6 Å². The second kappa shape index (κ2) is 6.41. The minimum absolute atomic E-state index is 0.000585. The third kappa shape index (κ3) is 3.82. The van der Waals surface area contributed by atoms with Gasteiger partial charge in [-0.15, -0.1) is 0 Å². The summed E-state index contributed by atoms with van der Waals surface area (Å²) in [5.41, 5.74) is 0.437. The first-order valence-corrected chi connectivity index (χ1v) is 6.27. The largest absolute Gasteiger partial charge is 0.496 e. The molecular formula is C14H11ClFNO4. The molecule has 0 amide bonds. The number of non-ortho nitro benzene ring substituents is 1. The van der Waals surface area contributed by atoms with Crippen LogP contribution in [0.4, 0.5) is 10.1 Å². The second-order valence-electron chi connectivity index (χ2n) is 4.16. The van der Waals surface area contributed by atoms with E-state index in [0.717, 1.165) is 6.07 Å². The predicted octanol–water partition coefficient (Wildman–Crippen LogP) is 3.97. The Balaban J connectivity index is 2.17. The molecule has 0 saturated carbocycles. The molecule has 2 aromatic rings. The smallest absolute Gasteiger partial charge is 0.273 e. The van der Waals surface area contributed by atoms with Crippen molar-refractivity contribution in [3.05, 3.63) is 62.9 Å². The quantitative estimate of drug-likeness (QED) is 0.619. The van der Waals surface area contributed by atoms with Crippen LogP contribution in [0.3, 0.4) is 0 Å². The van der Waals surface area contributed by atoms with Crippen molar-refractivity contribution in [1.82, 2.24) is 0 Å². The Morgan fingerprint density at radius 3 is 2.62 bits per heavy atom. The normalized spacial score (nSPS) is 10.2. The molecule has 0 radical (unpaired) electrons. The molecule has 0 bridgehead atoms. The molecule has 5 nitrogen and oxygen atoms in total. The third-order valence-electron chi connectivity index (χ3n) is 2.69. The van der Waals surface area contributed by atoms with Crippen molar-refractivity contribution < 1.29 is 18.8 Å². The topological polar surface area (TPSA) is 61.6 Å². The average molecular weight is 312 g/mol. The fourth-order valence-electron chi connectivity index (χ4n) is 1.68. The van der Waals surface area contributed by atoms with Crippen molar-refractivity contribution >= 4 is 17.3 Å². The number of rotatable bonds is 5. The molecule has 0 fully saturated rings. The SMILES string of the molecule is COc1cc(COc2ccc(Cl)c(F)c2)cc([N+](=O)[O-])c1. The van der Waals surface area contributed by atoms with E-state index in [-0.39, 0.29) is 23.1 Å². The number of halogens is 2. The van der Waals surface area contributed by atoms with Gasteiger partial charge >= 0.3 is 0 Å². The molecule has 110 valence electrons. The lowest BCUT2D eigenvalue weighted by Crippen LogP contribution is -1.99. The van der Waals surface area contributed by atoms with E-state index < -0.39 is 10.7 Å². The van der Waals surface area contributed by atoms with Crippen molar-refractivity contribution in [2.75, 3.05) is 7.11 Å². The first-order valence-electron chi connectivity index (χ1n) is 5.90. The summed E-state index contributed by atoms with van der Waals surface area (Å²) in [4.78, 5) is 10.3. The van der Waals surface area contributed by atoms with Gasteiger partial charge in [-0.3, -0.25) is 10.1 Å². The van der Waals surface area contributed by atoms with Crippen LogP contribution >= 0.6 is 11.6 Å². The molecule has 0 atom stereocenters. The lowest BCUT2D eigenvalue weighted by Gasteiger charge is -2.08. The van der Waals surface area contributed by atoms with Gasteiger partial charge in [0.15, 0.2) is 0 Å². The zero-order valence-corrected chi connectivity index (χ0v) is 11.8. The zero-order chi connectivity index (χ0) is 15.4. The molecule has 0 aliphatic rings. The molecular weight excluding hydrogens is 301 g/mol. The van der Waals surface area contributed by atoms with Crippen LogP contribution in [0.2, 0.25) is 5.02 Å². The van der Waals surface area contributed by atoms with Gasteiger partial charge in [0, 0.05) is 12.1 Å². The maximum Gasteiger partial charge on any atom is 0.273 e. The molecule has 7 heteroatoms. The molecule has 0 spiro atoms. The Morgan fingerprint density at radius 2 is 2.00 bits per heavy atom. The molecule has 0 saturated heterocycles. The molecule has 2 rings (SSSR count). The summed E-state index contributed by atoms with van der Waals surface area (Å²) in [7, 11) is 1.41. The molecule has 0 heterocycles. The molecule has 0 unspecified atom stereocenters. The highest BCUT2D eigenvalue weighted by Gasteiger charge is 2.11. The van der Waals surface area contributed by atoms with Crippen molar-refractivity contribution in [2.24, 2.45) is 0 Å². The van der Waals surface area contributed by atoms with E-state index in [0.29, 0.717) is 11.3 Å². The van der Waals surface area contributed by atoms with Gasteiger partial charge in [-0.05, 0) is 23.8 Å². The summed E-state index contributed by atoms with van der Waals surface area (Å²) in [6, 6.07) is 8.33. The van der Waals surface area contributed by atoms with E-state index in [2.05, 4.69) is 0 Å². The van der Waals surface area contributed by atoms with E-state index >= 15 is 0 Å². The number of methoxy groups -OCH3 is 1. The van der Waals surface area contributed by atoms with Crippen LogP contribution in [0.25, 0.3) is 0 Å². The summed E-state index contributed by atoms with van der Waals surface area (Å²) in [6.45, 7) is 0.0408. The van der Waals surface area contributed by atoms with Crippen molar-refractivity contribution in [2.45, 2.75) is 6.61 Å². The molecule has 0 N–H and O–H groups in total. The van der Waals surface area contributed by atoms with Gasteiger partial charge < -0.3 is 9.47 Å². The summed E-state index contributed by atoms with van der Waals surface area (Å²) in [6.07, 6.45) is 0. The Labute approximate surface area is 125 Å². The summed E-state index contributed by atoms with van der Waals surface area (Å²) in [5.74, 6) is 0.0400. The third-order valence-corrected chi connectivity index (χ3v) is 3.00. The van der Waals surface area contributed by atoms with Crippen LogP contribution < -0.4 is 9.47 Å². The number of nitro benzene ring substituents is 1. The Morgan fingerprint density at radius 1 is 1.24 bits per heavy atom. The van der Waals surface area contributed by atoms with Crippen molar-refractivity contribution in [3.63, 3.8) is 0 Å². The highest BCUT2D eigenvalue weighted by molar-refractivity contribution is 6.30. The zero-order valence-electron chi connectivity index (χ0n) is 11.0. The van der Waals surface area contributed by atoms with Gasteiger partial charge in [0.2, 0.25) is 0 Å². The Bertz CT molecular complexity index is 678. The number of hydrogen-bond donors (Lipinski definition) is 0. The van der Waals surface area contributed by atoms with E-state index in [1.54, 1.807) is 6.07 Å². The van der Waals surface area contributed by atoms with Crippen LogP contribution in [-0.2, 0) is 6.61 Å². The highest BCUT2D eigenvalue weighted by Crippen LogP contribution is 2.25. The van der Waals surface area contributed by atoms with Crippen molar-refractivity contribution in [3.8, 4) is 11.5 Å². The highest BCUT2D eigenvalue weighted by atomic mass is 35.5. The first-order chi connectivity index (χ1) is 9.99. The second-order valence-corrected chi connectivity index (χ2v) is 4.57. The monoisotopic (exact) mass is 311 g/mol. The summed E-state index contributed by atoms with van der Waals surface area (Å²) < 4.78 is 23.7. The molecule has 0 aliphatic carbocycles. The first kappa shape index (κ1) is 15.1. The van der Waals surface area contributed by atoms with Gasteiger partial charge in [0.05, 0.1) is 23.1 Å².